The van der Waals surface area contributed by atoms with Gasteiger partial charge in [0.15, 0.2) is 0 Å². The van der Waals surface area contributed by atoms with Gasteiger partial charge in [-0.2, -0.15) is 0 Å². The first-order chi connectivity index (χ1) is 16.8. The second-order valence-corrected chi connectivity index (χ2v) is 9.65. The second kappa shape index (κ2) is 15.6. The van der Waals surface area contributed by atoms with Crippen LogP contribution in [0.15, 0.2) is 48.5 Å². The average Bonchev–Trinajstić information content (AvgIpc) is 2.88. The van der Waals surface area contributed by atoms with Gasteiger partial charge in [-0.3, -0.25) is 0 Å². The van der Waals surface area contributed by atoms with Gasteiger partial charge >= 0.3 is 5.97 Å². The Bertz CT molecular complexity index is 804. The first-order valence-corrected chi connectivity index (χ1v) is 13.6. The molecule has 3 rings (SSSR count). The Morgan fingerprint density at radius 1 is 0.735 bits per heavy atom. The maximum Gasteiger partial charge on any atom is 0.343 e. The Hall–Kier alpha value is -2.29. The first kappa shape index (κ1) is 26.3. The molecule has 185 valence electrons. The van der Waals surface area contributed by atoms with Gasteiger partial charge in [-0.05, 0) is 86.4 Å². The molecular weight excluding hydrogens is 420 g/mol. The van der Waals surface area contributed by atoms with Gasteiger partial charge in [0.2, 0.25) is 0 Å². The van der Waals surface area contributed by atoms with E-state index in [9.17, 15) is 4.79 Å². The normalized spacial score (nSPS) is 14.1. The average molecular weight is 464 g/mol. The van der Waals surface area contributed by atoms with E-state index in [0.717, 1.165) is 18.8 Å². The minimum atomic E-state index is -0.332. The first-order valence-electron chi connectivity index (χ1n) is 13.6. The van der Waals surface area contributed by atoms with Crippen molar-refractivity contribution >= 4 is 5.97 Å². The number of hydrogen-bond donors (Lipinski definition) is 0. The topological polar surface area (TPSA) is 35.5 Å². The van der Waals surface area contributed by atoms with E-state index in [-0.39, 0.29) is 5.97 Å². The summed E-state index contributed by atoms with van der Waals surface area (Å²) in [6.45, 7) is 2.99. The lowest BCUT2D eigenvalue weighted by molar-refractivity contribution is 0.0734. The molecule has 2 aromatic carbocycles. The van der Waals surface area contributed by atoms with E-state index in [1.165, 1.54) is 89.0 Å². The summed E-state index contributed by atoms with van der Waals surface area (Å²) in [5.74, 6) is 1.70. The van der Waals surface area contributed by atoms with Crippen LogP contribution in [0.1, 0.15) is 119 Å². The summed E-state index contributed by atoms with van der Waals surface area (Å²) in [6.07, 6.45) is 20.4. The molecule has 0 bridgehead atoms. The van der Waals surface area contributed by atoms with Crippen LogP contribution >= 0.6 is 0 Å². The molecule has 1 fully saturated rings. The standard InChI is InChI=1S/C31H43O3/c1-2-3-4-5-6-7-8-9-10-14-25-33-29-21-19-28(20-22-29)31(32)34-30-23-17-27(18-24-30)26-15-12-11-13-16-26/h11,17-24,26H,2-10,12-16,25H2,1H3. The summed E-state index contributed by atoms with van der Waals surface area (Å²) in [5, 5.41) is 0. The van der Waals surface area contributed by atoms with Gasteiger partial charge in [-0.1, -0.05) is 76.8 Å². The zero-order valence-electron chi connectivity index (χ0n) is 21.1. The van der Waals surface area contributed by atoms with Gasteiger partial charge < -0.3 is 9.47 Å². The molecule has 0 saturated heterocycles. The van der Waals surface area contributed by atoms with E-state index in [1.807, 2.05) is 24.3 Å². The highest BCUT2D eigenvalue weighted by atomic mass is 16.5. The van der Waals surface area contributed by atoms with Crippen molar-refractivity contribution in [1.29, 1.82) is 0 Å². The largest absolute Gasteiger partial charge is 0.494 e. The Balaban J connectivity index is 1.30. The number of hydrogen-bond acceptors (Lipinski definition) is 3. The molecule has 0 unspecified atom stereocenters. The number of carbonyl (C=O) groups is 1. The summed E-state index contributed by atoms with van der Waals surface area (Å²) in [4.78, 5) is 12.5. The van der Waals surface area contributed by atoms with Crippen molar-refractivity contribution in [3.63, 3.8) is 0 Å². The van der Waals surface area contributed by atoms with Crippen LogP contribution in [-0.2, 0) is 0 Å². The van der Waals surface area contributed by atoms with E-state index in [2.05, 4.69) is 25.5 Å². The lowest BCUT2D eigenvalue weighted by Gasteiger charge is -2.21. The van der Waals surface area contributed by atoms with Crippen LogP contribution in [0.25, 0.3) is 0 Å². The molecule has 0 heterocycles. The van der Waals surface area contributed by atoms with Crippen LogP contribution in [0.3, 0.4) is 0 Å². The molecule has 2 aromatic rings. The molecule has 0 amide bonds. The Morgan fingerprint density at radius 2 is 1.29 bits per heavy atom. The van der Waals surface area contributed by atoms with Crippen molar-refractivity contribution in [2.45, 2.75) is 103 Å². The molecule has 1 saturated carbocycles. The number of unbranched alkanes of at least 4 members (excludes halogenated alkanes) is 9. The molecule has 0 aliphatic heterocycles. The Labute approximate surface area is 207 Å². The molecule has 0 N–H and O–H groups in total. The van der Waals surface area contributed by atoms with Crippen LogP contribution in [0.5, 0.6) is 11.5 Å². The van der Waals surface area contributed by atoms with E-state index < -0.39 is 0 Å². The summed E-state index contributed by atoms with van der Waals surface area (Å²) in [7, 11) is 0. The maximum absolute atomic E-state index is 12.5. The molecule has 0 atom stereocenters. The minimum absolute atomic E-state index is 0.332. The van der Waals surface area contributed by atoms with Crippen molar-refractivity contribution in [3.05, 3.63) is 66.1 Å². The number of ether oxygens (including phenoxy) is 2. The minimum Gasteiger partial charge on any atom is -0.494 e. The van der Waals surface area contributed by atoms with Gasteiger partial charge in [0.1, 0.15) is 11.5 Å². The summed E-state index contributed by atoms with van der Waals surface area (Å²) >= 11 is 0. The summed E-state index contributed by atoms with van der Waals surface area (Å²) in [6, 6.07) is 15.3. The van der Waals surface area contributed by atoms with Crippen molar-refractivity contribution in [3.8, 4) is 11.5 Å². The van der Waals surface area contributed by atoms with Gasteiger partial charge in [-0.25, -0.2) is 4.79 Å². The number of esters is 1. The predicted molar refractivity (Wildman–Crippen MR) is 141 cm³/mol. The van der Waals surface area contributed by atoms with Crippen molar-refractivity contribution in [2.24, 2.45) is 0 Å². The third-order valence-electron chi connectivity index (χ3n) is 6.86. The van der Waals surface area contributed by atoms with Crippen molar-refractivity contribution in [1.82, 2.24) is 0 Å². The molecule has 0 spiro atoms. The summed E-state index contributed by atoms with van der Waals surface area (Å²) < 4.78 is 11.4. The molecule has 1 radical (unpaired) electrons. The number of carbonyl (C=O) groups excluding carboxylic acids is 1. The lowest BCUT2D eigenvalue weighted by atomic mass is 9.84. The van der Waals surface area contributed by atoms with Gasteiger partial charge in [-0.15, -0.1) is 0 Å². The fraction of sp³-hybridized carbons (Fsp3) is 0.548. The van der Waals surface area contributed by atoms with E-state index in [1.54, 1.807) is 12.1 Å². The smallest absolute Gasteiger partial charge is 0.343 e. The molecular formula is C31H43O3. The predicted octanol–water partition coefficient (Wildman–Crippen LogP) is 9.07. The number of benzene rings is 2. The van der Waals surface area contributed by atoms with Crippen LogP contribution in [0.4, 0.5) is 0 Å². The van der Waals surface area contributed by atoms with Crippen LogP contribution in [0.2, 0.25) is 0 Å². The molecule has 1 aliphatic rings. The highest BCUT2D eigenvalue weighted by Crippen LogP contribution is 2.33. The second-order valence-electron chi connectivity index (χ2n) is 9.65. The zero-order valence-corrected chi connectivity index (χ0v) is 21.1. The quantitative estimate of drug-likeness (QED) is 0.150. The van der Waals surface area contributed by atoms with Gasteiger partial charge in [0, 0.05) is 0 Å². The molecule has 0 aromatic heterocycles. The van der Waals surface area contributed by atoms with E-state index in [4.69, 9.17) is 9.47 Å². The third-order valence-corrected chi connectivity index (χ3v) is 6.86. The third kappa shape index (κ3) is 9.52. The molecule has 3 nitrogen and oxygen atoms in total. The molecule has 34 heavy (non-hydrogen) atoms. The van der Waals surface area contributed by atoms with Crippen LogP contribution in [-0.4, -0.2) is 12.6 Å². The van der Waals surface area contributed by atoms with Crippen molar-refractivity contribution in [2.75, 3.05) is 6.61 Å². The van der Waals surface area contributed by atoms with Crippen LogP contribution in [0, 0.1) is 6.42 Å². The van der Waals surface area contributed by atoms with E-state index in [0.29, 0.717) is 17.2 Å². The number of rotatable bonds is 15. The highest BCUT2D eigenvalue weighted by molar-refractivity contribution is 5.91. The highest BCUT2D eigenvalue weighted by Gasteiger charge is 2.16. The SMILES string of the molecule is CCCCCCCCCCCCOc1ccc(C(=O)Oc2ccc(C3CC[CH]CC3)cc2)cc1. The lowest BCUT2D eigenvalue weighted by Crippen LogP contribution is -2.09. The van der Waals surface area contributed by atoms with Crippen LogP contribution < -0.4 is 9.47 Å². The molecule has 3 heteroatoms. The van der Waals surface area contributed by atoms with Crippen molar-refractivity contribution < 1.29 is 14.3 Å². The van der Waals surface area contributed by atoms with E-state index >= 15 is 0 Å². The summed E-state index contributed by atoms with van der Waals surface area (Å²) in [5.41, 5.74) is 1.88. The van der Waals surface area contributed by atoms with Gasteiger partial charge in [0.25, 0.3) is 0 Å². The molecule has 1 aliphatic carbocycles. The van der Waals surface area contributed by atoms with Gasteiger partial charge in [0.05, 0.1) is 12.2 Å². The Morgan fingerprint density at radius 3 is 1.91 bits per heavy atom. The fourth-order valence-electron chi connectivity index (χ4n) is 4.70. The monoisotopic (exact) mass is 463 g/mol. The maximum atomic E-state index is 12.5. The zero-order chi connectivity index (χ0) is 23.8. The Kier molecular flexibility index (Phi) is 12.1. The fourth-order valence-corrected chi connectivity index (χ4v) is 4.70.